The fraction of sp³-hybridized carbons (Fsp3) is 0.353. The first-order chi connectivity index (χ1) is 10.1. The lowest BCUT2D eigenvalue weighted by Gasteiger charge is -2.17. The van der Waals surface area contributed by atoms with Gasteiger partial charge in [0.05, 0.1) is 18.8 Å². The molecule has 1 atom stereocenters. The highest BCUT2D eigenvalue weighted by molar-refractivity contribution is 7.80. The summed E-state index contributed by atoms with van der Waals surface area (Å²) >= 11 is 5.31. The normalized spacial score (nSPS) is 12.2. The molecule has 1 aromatic carbocycles. The Labute approximate surface area is 131 Å². The number of rotatable bonds is 5. The van der Waals surface area contributed by atoms with Crippen molar-refractivity contribution in [1.82, 2.24) is 10.6 Å². The largest absolute Gasteiger partial charge is 0.467 e. The molecule has 21 heavy (non-hydrogen) atoms. The van der Waals surface area contributed by atoms with Crippen LogP contribution in [0.4, 0.5) is 0 Å². The second-order valence-electron chi connectivity index (χ2n) is 5.45. The molecule has 0 aliphatic rings. The maximum absolute atomic E-state index is 5.31. The van der Waals surface area contributed by atoms with Crippen molar-refractivity contribution in [3.8, 4) is 0 Å². The van der Waals surface area contributed by atoms with Crippen LogP contribution in [0, 0.1) is 0 Å². The third-order valence-electron chi connectivity index (χ3n) is 3.45. The van der Waals surface area contributed by atoms with E-state index in [9.17, 15) is 0 Å². The molecule has 0 saturated carbocycles. The molecule has 2 rings (SSSR count). The van der Waals surface area contributed by atoms with Gasteiger partial charge in [-0.1, -0.05) is 38.1 Å². The minimum Gasteiger partial charge on any atom is -0.467 e. The summed E-state index contributed by atoms with van der Waals surface area (Å²) in [6, 6.07) is 12.6. The van der Waals surface area contributed by atoms with Crippen molar-refractivity contribution in [3.05, 3.63) is 59.5 Å². The Morgan fingerprint density at radius 3 is 2.33 bits per heavy atom. The van der Waals surface area contributed by atoms with E-state index in [1.807, 2.05) is 12.1 Å². The van der Waals surface area contributed by atoms with Crippen molar-refractivity contribution in [2.75, 3.05) is 0 Å². The molecule has 4 heteroatoms. The Balaban J connectivity index is 1.85. The third-order valence-corrected chi connectivity index (χ3v) is 3.72. The van der Waals surface area contributed by atoms with Gasteiger partial charge in [-0.15, -0.1) is 0 Å². The summed E-state index contributed by atoms with van der Waals surface area (Å²) < 4.78 is 5.26. The molecule has 0 spiro atoms. The Bertz CT molecular complexity index is 561. The second kappa shape index (κ2) is 7.27. The molecule has 0 aliphatic carbocycles. The van der Waals surface area contributed by atoms with E-state index in [0.29, 0.717) is 17.6 Å². The fourth-order valence-corrected chi connectivity index (χ4v) is 2.33. The molecule has 112 valence electrons. The monoisotopic (exact) mass is 302 g/mol. The first-order valence-corrected chi connectivity index (χ1v) is 7.63. The van der Waals surface area contributed by atoms with Gasteiger partial charge in [-0.2, -0.15) is 0 Å². The van der Waals surface area contributed by atoms with Gasteiger partial charge in [0, 0.05) is 0 Å². The molecule has 0 bridgehead atoms. The molecule has 2 aromatic rings. The number of benzene rings is 1. The smallest absolute Gasteiger partial charge is 0.167 e. The molecule has 1 aromatic heterocycles. The average molecular weight is 302 g/mol. The third kappa shape index (κ3) is 4.60. The number of hydrogen-bond donors (Lipinski definition) is 2. The Hall–Kier alpha value is -1.81. The van der Waals surface area contributed by atoms with E-state index in [0.717, 1.165) is 5.76 Å². The van der Waals surface area contributed by atoms with Gasteiger partial charge in [-0.05, 0) is 48.3 Å². The maximum Gasteiger partial charge on any atom is 0.167 e. The molecule has 0 aliphatic heterocycles. The molecule has 3 nitrogen and oxygen atoms in total. The van der Waals surface area contributed by atoms with Crippen LogP contribution in [0.2, 0.25) is 0 Å². The van der Waals surface area contributed by atoms with Gasteiger partial charge in [0.15, 0.2) is 5.11 Å². The van der Waals surface area contributed by atoms with Crippen LogP contribution in [0.3, 0.4) is 0 Å². The fourth-order valence-electron chi connectivity index (χ4n) is 2.08. The predicted octanol–water partition coefficient (Wildman–Crippen LogP) is 4.13. The molecular weight excluding hydrogens is 280 g/mol. The number of furan rings is 1. The number of thiocarbonyl (C=S) groups is 1. The highest BCUT2D eigenvalue weighted by Crippen LogP contribution is 2.18. The number of hydrogen-bond acceptors (Lipinski definition) is 2. The Kier molecular flexibility index (Phi) is 5.39. The zero-order chi connectivity index (χ0) is 15.2. The topological polar surface area (TPSA) is 37.2 Å². The zero-order valence-electron chi connectivity index (χ0n) is 12.7. The summed E-state index contributed by atoms with van der Waals surface area (Å²) in [7, 11) is 0. The van der Waals surface area contributed by atoms with Crippen LogP contribution in [0.15, 0.2) is 47.1 Å². The number of nitrogens with one attached hydrogen (secondary N) is 2. The van der Waals surface area contributed by atoms with Gasteiger partial charge in [-0.3, -0.25) is 0 Å². The van der Waals surface area contributed by atoms with Gasteiger partial charge >= 0.3 is 0 Å². The van der Waals surface area contributed by atoms with Gasteiger partial charge in [0.25, 0.3) is 0 Å². The first kappa shape index (κ1) is 15.6. The molecule has 0 amide bonds. The predicted molar refractivity (Wildman–Crippen MR) is 90.2 cm³/mol. The Morgan fingerprint density at radius 2 is 1.76 bits per heavy atom. The van der Waals surface area contributed by atoms with E-state index in [4.69, 9.17) is 16.6 Å². The van der Waals surface area contributed by atoms with E-state index in [2.05, 4.69) is 55.7 Å². The standard InChI is InChI=1S/C17H22N2OS/c1-12(2)14-6-8-15(9-7-14)13(3)19-17(21)18-11-16-5-4-10-20-16/h4-10,12-13H,11H2,1-3H3,(H2,18,19,21). The van der Waals surface area contributed by atoms with Crippen molar-refractivity contribution in [1.29, 1.82) is 0 Å². The summed E-state index contributed by atoms with van der Waals surface area (Å²) in [4.78, 5) is 0. The minimum absolute atomic E-state index is 0.169. The van der Waals surface area contributed by atoms with Crippen LogP contribution < -0.4 is 10.6 Å². The van der Waals surface area contributed by atoms with Crippen LogP contribution in [-0.2, 0) is 6.54 Å². The molecule has 0 radical (unpaired) electrons. The molecule has 0 saturated heterocycles. The average Bonchev–Trinajstić information content (AvgIpc) is 2.98. The Morgan fingerprint density at radius 1 is 1.10 bits per heavy atom. The van der Waals surface area contributed by atoms with Gasteiger partial charge in [-0.25, -0.2) is 0 Å². The van der Waals surface area contributed by atoms with Crippen molar-refractivity contribution in [3.63, 3.8) is 0 Å². The SMILES string of the molecule is CC(C)c1ccc(C(C)NC(=S)NCc2ccco2)cc1. The van der Waals surface area contributed by atoms with E-state index in [1.54, 1.807) is 6.26 Å². The van der Waals surface area contributed by atoms with E-state index in [1.165, 1.54) is 11.1 Å². The van der Waals surface area contributed by atoms with Crippen molar-refractivity contribution in [2.45, 2.75) is 39.3 Å². The quantitative estimate of drug-likeness (QED) is 0.814. The summed E-state index contributed by atoms with van der Waals surface area (Å²) in [6.45, 7) is 7.10. The van der Waals surface area contributed by atoms with Gasteiger partial charge in [0.1, 0.15) is 5.76 Å². The lowest BCUT2D eigenvalue weighted by molar-refractivity contribution is 0.501. The van der Waals surface area contributed by atoms with Crippen LogP contribution >= 0.6 is 12.2 Å². The summed E-state index contributed by atoms with van der Waals surface area (Å²) in [5.41, 5.74) is 2.58. The van der Waals surface area contributed by atoms with Crippen LogP contribution in [0.5, 0.6) is 0 Å². The lowest BCUT2D eigenvalue weighted by Crippen LogP contribution is -2.36. The highest BCUT2D eigenvalue weighted by atomic mass is 32.1. The summed E-state index contributed by atoms with van der Waals surface area (Å²) in [5.74, 6) is 1.42. The van der Waals surface area contributed by atoms with Crippen molar-refractivity contribution in [2.24, 2.45) is 0 Å². The zero-order valence-corrected chi connectivity index (χ0v) is 13.5. The lowest BCUT2D eigenvalue weighted by atomic mass is 10.00. The van der Waals surface area contributed by atoms with Gasteiger partial charge < -0.3 is 15.1 Å². The van der Waals surface area contributed by atoms with Crippen LogP contribution in [-0.4, -0.2) is 5.11 Å². The molecule has 0 fully saturated rings. The van der Waals surface area contributed by atoms with Gasteiger partial charge in [0.2, 0.25) is 0 Å². The first-order valence-electron chi connectivity index (χ1n) is 7.23. The van der Waals surface area contributed by atoms with Crippen LogP contribution in [0.25, 0.3) is 0 Å². The van der Waals surface area contributed by atoms with E-state index >= 15 is 0 Å². The summed E-state index contributed by atoms with van der Waals surface area (Å²) in [6.07, 6.45) is 1.66. The minimum atomic E-state index is 0.169. The van der Waals surface area contributed by atoms with Crippen LogP contribution in [0.1, 0.15) is 49.6 Å². The molecule has 2 N–H and O–H groups in total. The second-order valence-corrected chi connectivity index (χ2v) is 5.86. The molecule has 1 heterocycles. The van der Waals surface area contributed by atoms with Crippen molar-refractivity contribution < 1.29 is 4.42 Å². The maximum atomic E-state index is 5.31. The summed E-state index contributed by atoms with van der Waals surface area (Å²) in [5, 5.41) is 7.06. The van der Waals surface area contributed by atoms with Crippen molar-refractivity contribution >= 4 is 17.3 Å². The van der Waals surface area contributed by atoms with E-state index in [-0.39, 0.29) is 6.04 Å². The highest BCUT2D eigenvalue weighted by Gasteiger charge is 2.08. The molecule has 1 unspecified atom stereocenters. The molecular formula is C17H22N2OS. The van der Waals surface area contributed by atoms with E-state index < -0.39 is 0 Å².